The topological polar surface area (TPSA) is 82.5 Å². The van der Waals surface area contributed by atoms with E-state index in [9.17, 15) is 0 Å². The van der Waals surface area contributed by atoms with Crippen molar-refractivity contribution in [1.29, 1.82) is 0 Å². The first-order chi connectivity index (χ1) is 12.9. The molecule has 0 aromatic heterocycles. The lowest BCUT2D eigenvalue weighted by atomic mass is 9.75. The quantitative estimate of drug-likeness (QED) is 0.193. The molecule has 5 nitrogen and oxygen atoms in total. The zero-order valence-corrected chi connectivity index (χ0v) is 19.4. The molecule has 156 valence electrons. The highest BCUT2D eigenvalue weighted by Gasteiger charge is 2.27. The van der Waals surface area contributed by atoms with Gasteiger partial charge in [0.05, 0.1) is 0 Å². The Balaban J connectivity index is 2.55. The molecule has 0 aliphatic rings. The SMILES string of the molecule is CCCC(C)(C)C(CC)CO[SiH2]OC(CC)Nc1cccc(N)c1CCN. The Kier molecular flexibility index (Phi) is 11.0. The van der Waals surface area contributed by atoms with Gasteiger partial charge < -0.3 is 25.6 Å². The van der Waals surface area contributed by atoms with Crippen LogP contribution < -0.4 is 16.8 Å². The summed E-state index contributed by atoms with van der Waals surface area (Å²) in [6.07, 6.45) is 5.15. The van der Waals surface area contributed by atoms with Gasteiger partial charge in [0.15, 0.2) is 0 Å². The molecule has 2 atom stereocenters. The van der Waals surface area contributed by atoms with Crippen LogP contribution in [0.2, 0.25) is 0 Å². The van der Waals surface area contributed by atoms with Crippen molar-refractivity contribution < 1.29 is 8.85 Å². The summed E-state index contributed by atoms with van der Waals surface area (Å²) in [6.45, 7) is 12.7. The summed E-state index contributed by atoms with van der Waals surface area (Å²) in [4.78, 5) is 0. The van der Waals surface area contributed by atoms with Gasteiger partial charge in [-0.25, -0.2) is 0 Å². The van der Waals surface area contributed by atoms with Gasteiger partial charge in [0.1, 0.15) is 6.23 Å². The van der Waals surface area contributed by atoms with Crippen LogP contribution in [-0.2, 0) is 15.3 Å². The maximum atomic E-state index is 6.11. The zero-order chi connectivity index (χ0) is 20.3. The van der Waals surface area contributed by atoms with Crippen molar-refractivity contribution in [3.63, 3.8) is 0 Å². The Morgan fingerprint density at radius 2 is 1.93 bits per heavy atom. The van der Waals surface area contributed by atoms with Crippen LogP contribution in [0.25, 0.3) is 0 Å². The van der Waals surface area contributed by atoms with E-state index in [0.29, 0.717) is 17.9 Å². The Morgan fingerprint density at radius 1 is 1.19 bits per heavy atom. The minimum Gasteiger partial charge on any atom is -0.399 e. The van der Waals surface area contributed by atoms with Crippen LogP contribution in [-0.4, -0.2) is 29.4 Å². The van der Waals surface area contributed by atoms with E-state index < -0.39 is 10.0 Å². The van der Waals surface area contributed by atoms with Crippen molar-refractivity contribution >= 4 is 21.4 Å². The number of rotatable bonds is 14. The van der Waals surface area contributed by atoms with E-state index in [1.165, 1.54) is 12.8 Å². The molecule has 1 aromatic carbocycles. The monoisotopic (exact) mass is 395 g/mol. The van der Waals surface area contributed by atoms with Gasteiger partial charge in [0.2, 0.25) is 0 Å². The third-order valence-corrected chi connectivity index (χ3v) is 6.40. The lowest BCUT2D eigenvalue weighted by molar-refractivity contribution is 0.0938. The number of nitrogens with one attached hydrogen (secondary N) is 1. The average Bonchev–Trinajstić information content (AvgIpc) is 2.63. The van der Waals surface area contributed by atoms with Gasteiger partial charge >= 0.3 is 10.0 Å². The van der Waals surface area contributed by atoms with Crippen molar-refractivity contribution in [3.05, 3.63) is 23.8 Å². The molecule has 0 saturated heterocycles. The van der Waals surface area contributed by atoms with Gasteiger partial charge in [0.25, 0.3) is 0 Å². The molecule has 6 heteroatoms. The maximum Gasteiger partial charge on any atom is 0.306 e. The van der Waals surface area contributed by atoms with E-state index in [4.69, 9.17) is 20.3 Å². The summed E-state index contributed by atoms with van der Waals surface area (Å²) in [5.74, 6) is 0.576. The fraction of sp³-hybridized carbons (Fsp3) is 0.714. The third-order valence-electron chi connectivity index (χ3n) is 5.46. The maximum absolute atomic E-state index is 6.11. The Morgan fingerprint density at radius 3 is 2.52 bits per heavy atom. The second kappa shape index (κ2) is 12.4. The van der Waals surface area contributed by atoms with Gasteiger partial charge in [-0.2, -0.15) is 0 Å². The Bertz CT molecular complexity index is 540. The first-order valence-corrected chi connectivity index (χ1v) is 11.6. The summed E-state index contributed by atoms with van der Waals surface area (Å²) < 4.78 is 12.1. The summed E-state index contributed by atoms with van der Waals surface area (Å²) >= 11 is 0. The molecular formula is C21H41N3O2Si. The van der Waals surface area contributed by atoms with Crippen LogP contribution in [0, 0.1) is 11.3 Å². The predicted molar refractivity (Wildman–Crippen MR) is 119 cm³/mol. The fourth-order valence-electron chi connectivity index (χ4n) is 3.66. The van der Waals surface area contributed by atoms with Crippen LogP contribution in [0.4, 0.5) is 11.4 Å². The van der Waals surface area contributed by atoms with Crippen LogP contribution >= 0.6 is 0 Å². The first-order valence-electron chi connectivity index (χ1n) is 10.4. The second-order valence-electron chi connectivity index (χ2n) is 7.95. The largest absolute Gasteiger partial charge is 0.399 e. The lowest BCUT2D eigenvalue weighted by Gasteiger charge is -2.33. The molecule has 27 heavy (non-hydrogen) atoms. The van der Waals surface area contributed by atoms with Crippen molar-refractivity contribution in [3.8, 4) is 0 Å². The molecule has 0 amide bonds. The summed E-state index contributed by atoms with van der Waals surface area (Å²) in [6, 6.07) is 5.91. The third kappa shape index (κ3) is 7.82. The van der Waals surface area contributed by atoms with E-state index in [0.717, 1.165) is 42.8 Å². The molecule has 5 N–H and O–H groups in total. The van der Waals surface area contributed by atoms with Crippen LogP contribution in [0.3, 0.4) is 0 Å². The van der Waals surface area contributed by atoms with Crippen molar-refractivity contribution in [2.24, 2.45) is 17.1 Å². The van der Waals surface area contributed by atoms with Crippen molar-refractivity contribution in [1.82, 2.24) is 0 Å². The summed E-state index contributed by atoms with van der Waals surface area (Å²) in [7, 11) is -1.04. The number of hydrogen-bond donors (Lipinski definition) is 3. The van der Waals surface area contributed by atoms with Crippen LogP contribution in [0.15, 0.2) is 18.2 Å². The highest BCUT2D eigenvalue weighted by atomic mass is 28.3. The summed E-state index contributed by atoms with van der Waals surface area (Å²) in [5, 5.41) is 3.47. The molecule has 0 heterocycles. The minimum atomic E-state index is -1.04. The fourth-order valence-corrected chi connectivity index (χ4v) is 4.62. The van der Waals surface area contributed by atoms with E-state index in [-0.39, 0.29) is 6.23 Å². The summed E-state index contributed by atoms with van der Waals surface area (Å²) in [5.41, 5.74) is 15.0. The number of anilines is 2. The minimum absolute atomic E-state index is 0.0567. The van der Waals surface area contributed by atoms with Gasteiger partial charge in [-0.1, -0.05) is 53.5 Å². The highest BCUT2D eigenvalue weighted by Crippen LogP contribution is 2.34. The smallest absolute Gasteiger partial charge is 0.306 e. The molecule has 1 rings (SSSR count). The molecular weight excluding hydrogens is 354 g/mol. The van der Waals surface area contributed by atoms with E-state index in [2.05, 4.69) is 39.9 Å². The lowest BCUT2D eigenvalue weighted by Crippen LogP contribution is -2.30. The number of benzene rings is 1. The molecule has 0 radical (unpaired) electrons. The molecule has 0 aliphatic carbocycles. The molecule has 0 spiro atoms. The molecule has 0 saturated carbocycles. The van der Waals surface area contributed by atoms with Crippen molar-refractivity contribution in [2.75, 3.05) is 24.2 Å². The predicted octanol–water partition coefficient (Wildman–Crippen LogP) is 3.80. The number of hydrogen-bond acceptors (Lipinski definition) is 5. The second-order valence-corrected chi connectivity index (χ2v) is 8.93. The molecule has 1 aromatic rings. The number of nitrogen functional groups attached to an aromatic ring is 1. The highest BCUT2D eigenvalue weighted by molar-refractivity contribution is 6.18. The Labute approximate surface area is 168 Å². The van der Waals surface area contributed by atoms with Gasteiger partial charge in [-0.15, -0.1) is 0 Å². The average molecular weight is 396 g/mol. The molecule has 0 fully saturated rings. The van der Waals surface area contributed by atoms with E-state index >= 15 is 0 Å². The standard InChI is InChI=1S/C21H41N3O2Si/c1-6-13-21(4,5)16(7-2)15-25-27-26-20(8-3)24-19-11-9-10-18(23)17(19)12-14-22/h9-11,16,20,24H,6-8,12-15,22-23,27H2,1-5H3. The zero-order valence-electron chi connectivity index (χ0n) is 18.0. The van der Waals surface area contributed by atoms with E-state index in [1.54, 1.807) is 0 Å². The normalized spacial score (nSPS) is 14.6. The molecule has 2 unspecified atom stereocenters. The van der Waals surface area contributed by atoms with Crippen LogP contribution in [0.1, 0.15) is 65.9 Å². The van der Waals surface area contributed by atoms with Gasteiger partial charge in [0, 0.05) is 18.0 Å². The van der Waals surface area contributed by atoms with Gasteiger partial charge in [-0.05, 0) is 54.8 Å². The Hall–Kier alpha value is -1.08. The van der Waals surface area contributed by atoms with E-state index in [1.807, 2.05) is 18.2 Å². The number of nitrogens with two attached hydrogens (primary N) is 2. The van der Waals surface area contributed by atoms with Gasteiger partial charge in [-0.3, -0.25) is 0 Å². The van der Waals surface area contributed by atoms with Crippen molar-refractivity contribution in [2.45, 2.75) is 73.0 Å². The van der Waals surface area contributed by atoms with Crippen LogP contribution in [0.5, 0.6) is 0 Å². The molecule has 0 bridgehead atoms. The molecule has 0 aliphatic heterocycles. The first kappa shape index (κ1) is 24.0.